The molecule has 1 aromatic heterocycles. The highest BCUT2D eigenvalue weighted by atomic mass is 16.2. The lowest BCUT2D eigenvalue weighted by Gasteiger charge is -2.05. The maximum Gasteiger partial charge on any atom is 0.323 e. The lowest BCUT2D eigenvalue weighted by atomic mass is 10.1. The molecule has 2 amide bonds. The van der Waals surface area contributed by atoms with Gasteiger partial charge in [-0.05, 0) is 31.2 Å². The van der Waals surface area contributed by atoms with Gasteiger partial charge in [-0.15, -0.1) is 0 Å². The summed E-state index contributed by atoms with van der Waals surface area (Å²) >= 11 is 0. The molecule has 0 bridgehead atoms. The zero-order valence-corrected chi connectivity index (χ0v) is 11.0. The first-order chi connectivity index (χ1) is 9.51. The van der Waals surface area contributed by atoms with E-state index in [1.807, 2.05) is 0 Å². The van der Waals surface area contributed by atoms with Crippen LogP contribution in [0, 0.1) is 6.92 Å². The van der Waals surface area contributed by atoms with Gasteiger partial charge in [-0.25, -0.2) is 9.59 Å². The molecule has 7 nitrogen and oxygen atoms in total. The standard InChI is InChI=1S/C13H14N4O3/c1-7-10(17-13(20)15-7)11(18)8-3-5-9(6-4-8)16-12(19)14-2/h3-6H,1-2H3,(H2,14,16,19)(H2,15,17,20). The summed E-state index contributed by atoms with van der Waals surface area (Å²) in [5.41, 5.74) is 1.31. The van der Waals surface area contributed by atoms with Crippen LogP contribution in [0.15, 0.2) is 29.1 Å². The first kappa shape index (κ1) is 13.6. The third-order valence-corrected chi connectivity index (χ3v) is 2.77. The Morgan fingerprint density at radius 2 is 1.75 bits per heavy atom. The van der Waals surface area contributed by atoms with Crippen molar-refractivity contribution in [2.24, 2.45) is 0 Å². The van der Waals surface area contributed by atoms with Gasteiger partial charge in [-0.3, -0.25) is 4.79 Å². The highest BCUT2D eigenvalue weighted by Crippen LogP contribution is 2.13. The van der Waals surface area contributed by atoms with Crippen molar-refractivity contribution in [3.05, 3.63) is 51.7 Å². The molecule has 1 aromatic carbocycles. The van der Waals surface area contributed by atoms with E-state index in [1.54, 1.807) is 31.2 Å². The number of amides is 2. The smallest absolute Gasteiger partial charge is 0.323 e. The van der Waals surface area contributed by atoms with Gasteiger partial charge in [-0.1, -0.05) is 0 Å². The summed E-state index contributed by atoms with van der Waals surface area (Å²) in [5, 5.41) is 5.01. The molecule has 0 spiro atoms. The molecular formula is C13H14N4O3. The van der Waals surface area contributed by atoms with Gasteiger partial charge in [0.25, 0.3) is 0 Å². The Morgan fingerprint density at radius 1 is 1.10 bits per heavy atom. The number of aryl methyl sites for hydroxylation is 1. The van der Waals surface area contributed by atoms with Crippen molar-refractivity contribution in [1.82, 2.24) is 15.3 Å². The molecule has 0 aliphatic heterocycles. The van der Waals surface area contributed by atoms with Crippen LogP contribution in [0.25, 0.3) is 0 Å². The van der Waals surface area contributed by atoms with Crippen LogP contribution in [0.3, 0.4) is 0 Å². The summed E-state index contributed by atoms with van der Waals surface area (Å²) < 4.78 is 0. The molecule has 2 aromatic rings. The number of anilines is 1. The van der Waals surface area contributed by atoms with Gasteiger partial charge in [0.05, 0.1) is 0 Å². The van der Waals surface area contributed by atoms with E-state index in [0.29, 0.717) is 16.9 Å². The molecule has 0 unspecified atom stereocenters. The molecule has 20 heavy (non-hydrogen) atoms. The number of aromatic nitrogens is 2. The minimum absolute atomic E-state index is 0.238. The molecule has 0 radical (unpaired) electrons. The molecule has 4 N–H and O–H groups in total. The summed E-state index contributed by atoms with van der Waals surface area (Å²) in [6, 6.07) is 6.05. The van der Waals surface area contributed by atoms with E-state index in [9.17, 15) is 14.4 Å². The van der Waals surface area contributed by atoms with Crippen LogP contribution in [0.1, 0.15) is 21.7 Å². The van der Waals surface area contributed by atoms with Gasteiger partial charge in [-0.2, -0.15) is 0 Å². The largest absolute Gasteiger partial charge is 0.341 e. The van der Waals surface area contributed by atoms with Gasteiger partial charge in [0.1, 0.15) is 5.69 Å². The molecule has 0 aliphatic rings. The van der Waals surface area contributed by atoms with Crippen molar-refractivity contribution < 1.29 is 9.59 Å². The maximum atomic E-state index is 12.2. The fourth-order valence-electron chi connectivity index (χ4n) is 1.74. The summed E-state index contributed by atoms with van der Waals surface area (Å²) in [5.74, 6) is -0.285. The molecule has 1 heterocycles. The molecule has 0 saturated heterocycles. The number of hydrogen-bond donors (Lipinski definition) is 4. The number of urea groups is 1. The molecule has 0 aliphatic carbocycles. The van der Waals surface area contributed by atoms with Gasteiger partial charge >= 0.3 is 11.7 Å². The third kappa shape index (κ3) is 2.77. The van der Waals surface area contributed by atoms with Crippen LogP contribution in [-0.2, 0) is 0 Å². The average molecular weight is 274 g/mol. The maximum absolute atomic E-state index is 12.2. The number of imidazole rings is 1. The van der Waals surface area contributed by atoms with Gasteiger partial charge in [0.15, 0.2) is 0 Å². The summed E-state index contributed by atoms with van der Waals surface area (Å²) in [7, 11) is 1.51. The van der Waals surface area contributed by atoms with Crippen LogP contribution >= 0.6 is 0 Å². The van der Waals surface area contributed by atoms with E-state index >= 15 is 0 Å². The van der Waals surface area contributed by atoms with Crippen molar-refractivity contribution in [3.8, 4) is 0 Å². The second-order valence-corrected chi connectivity index (χ2v) is 4.19. The third-order valence-electron chi connectivity index (χ3n) is 2.77. The molecular weight excluding hydrogens is 260 g/mol. The van der Waals surface area contributed by atoms with E-state index in [2.05, 4.69) is 20.6 Å². The molecule has 2 rings (SSSR count). The topological polar surface area (TPSA) is 107 Å². The van der Waals surface area contributed by atoms with E-state index in [0.717, 1.165) is 0 Å². The number of ketones is 1. The first-order valence-electron chi connectivity index (χ1n) is 5.93. The van der Waals surface area contributed by atoms with Crippen LogP contribution in [-0.4, -0.2) is 28.8 Å². The number of hydrogen-bond acceptors (Lipinski definition) is 3. The first-order valence-corrected chi connectivity index (χ1v) is 5.93. The average Bonchev–Trinajstić information content (AvgIpc) is 2.77. The molecule has 0 fully saturated rings. The predicted octanol–water partition coefficient (Wildman–Crippen LogP) is 0.994. The zero-order chi connectivity index (χ0) is 14.7. The fourth-order valence-corrected chi connectivity index (χ4v) is 1.74. The van der Waals surface area contributed by atoms with Crippen LogP contribution in [0.2, 0.25) is 0 Å². The Bertz CT molecular complexity index is 697. The van der Waals surface area contributed by atoms with Crippen LogP contribution in [0.5, 0.6) is 0 Å². The highest BCUT2D eigenvalue weighted by molar-refractivity contribution is 6.08. The number of rotatable bonds is 3. The minimum atomic E-state index is -0.413. The monoisotopic (exact) mass is 274 g/mol. The van der Waals surface area contributed by atoms with E-state index in [1.165, 1.54) is 7.05 Å². The number of aromatic amines is 2. The van der Waals surface area contributed by atoms with Crippen molar-refractivity contribution in [1.29, 1.82) is 0 Å². The Morgan fingerprint density at radius 3 is 2.25 bits per heavy atom. The van der Waals surface area contributed by atoms with Crippen molar-refractivity contribution in [2.45, 2.75) is 6.92 Å². The van der Waals surface area contributed by atoms with E-state index < -0.39 is 5.69 Å². The Hall–Kier alpha value is -2.83. The Kier molecular flexibility index (Phi) is 3.69. The quantitative estimate of drug-likeness (QED) is 0.627. The Labute approximate surface area is 114 Å². The Balaban J connectivity index is 2.22. The molecule has 0 saturated carbocycles. The highest BCUT2D eigenvalue weighted by Gasteiger charge is 2.14. The van der Waals surface area contributed by atoms with Crippen LogP contribution in [0.4, 0.5) is 10.5 Å². The lowest BCUT2D eigenvalue weighted by molar-refractivity contribution is 0.103. The number of nitrogens with one attached hydrogen (secondary N) is 4. The minimum Gasteiger partial charge on any atom is -0.341 e. The van der Waals surface area contributed by atoms with E-state index in [4.69, 9.17) is 0 Å². The van der Waals surface area contributed by atoms with E-state index in [-0.39, 0.29) is 17.5 Å². The second kappa shape index (κ2) is 5.43. The van der Waals surface area contributed by atoms with Crippen molar-refractivity contribution in [2.75, 3.05) is 12.4 Å². The van der Waals surface area contributed by atoms with Gasteiger partial charge in [0.2, 0.25) is 5.78 Å². The molecule has 104 valence electrons. The zero-order valence-electron chi connectivity index (χ0n) is 11.0. The lowest BCUT2D eigenvalue weighted by Crippen LogP contribution is -2.24. The van der Waals surface area contributed by atoms with Crippen LogP contribution < -0.4 is 16.3 Å². The molecule has 7 heteroatoms. The number of H-pyrrole nitrogens is 2. The van der Waals surface area contributed by atoms with Crippen molar-refractivity contribution >= 4 is 17.5 Å². The number of carbonyl (C=O) groups excluding carboxylic acids is 2. The second-order valence-electron chi connectivity index (χ2n) is 4.19. The van der Waals surface area contributed by atoms with Crippen molar-refractivity contribution in [3.63, 3.8) is 0 Å². The number of benzene rings is 1. The SMILES string of the molecule is CNC(=O)Nc1ccc(C(=O)c2[nH]c(=O)[nH]c2C)cc1. The summed E-state index contributed by atoms with van der Waals surface area (Å²) in [6.45, 7) is 1.65. The molecule has 0 atom stereocenters. The number of carbonyl (C=O) groups is 2. The summed E-state index contributed by atoms with van der Waals surface area (Å²) in [4.78, 5) is 39.4. The van der Waals surface area contributed by atoms with Gasteiger partial charge < -0.3 is 20.6 Å². The predicted molar refractivity (Wildman–Crippen MR) is 74.1 cm³/mol. The normalized spacial score (nSPS) is 10.1. The fraction of sp³-hybridized carbons (Fsp3) is 0.154. The summed E-state index contributed by atoms with van der Waals surface area (Å²) in [6.07, 6.45) is 0. The van der Waals surface area contributed by atoms with Gasteiger partial charge in [0, 0.05) is 24.0 Å².